The Balaban J connectivity index is 0.00000484. The minimum absolute atomic E-state index is 0. The number of hydrogen-bond donors (Lipinski definition) is 0. The molecule has 0 fully saturated rings. The summed E-state index contributed by atoms with van der Waals surface area (Å²) in [7, 11) is 0.185. The molecule has 0 saturated carbocycles. The Morgan fingerprint density at radius 1 is 0.652 bits per heavy atom. The lowest BCUT2D eigenvalue weighted by Crippen LogP contribution is -2.07. The number of hydrogen-bond acceptors (Lipinski definition) is 0. The van der Waals surface area contributed by atoms with E-state index in [4.69, 9.17) is 0 Å². The van der Waals surface area contributed by atoms with E-state index in [1.165, 1.54) is 12.3 Å². The van der Waals surface area contributed by atoms with Gasteiger partial charge in [-0.2, -0.15) is 0 Å². The second-order valence-electron chi connectivity index (χ2n) is 7.54. The van der Waals surface area contributed by atoms with Crippen molar-refractivity contribution in [1.29, 1.82) is 0 Å². The van der Waals surface area contributed by atoms with Crippen LogP contribution < -0.4 is 0 Å². The van der Waals surface area contributed by atoms with Crippen LogP contribution in [0.1, 0.15) is 73.9 Å². The Morgan fingerprint density at radius 2 is 0.957 bits per heavy atom. The minimum atomic E-state index is 0. The van der Waals surface area contributed by atoms with Crippen LogP contribution >= 0.6 is 15.8 Å². The van der Waals surface area contributed by atoms with E-state index in [1.54, 1.807) is 11.1 Å². The maximum absolute atomic E-state index is 2.50. The molecule has 0 unspecified atom stereocenters. The van der Waals surface area contributed by atoms with Gasteiger partial charge in [-0.15, -0.1) is 0 Å². The molecule has 1 aromatic rings. The molecule has 1 rings (SSSR count). The van der Waals surface area contributed by atoms with Crippen LogP contribution in [0.15, 0.2) is 24.3 Å². The van der Waals surface area contributed by atoms with Gasteiger partial charge >= 0.3 is 0 Å². The molecular formula is C21H40P2. The number of benzene rings is 1. The molecule has 23 heavy (non-hydrogen) atoms. The van der Waals surface area contributed by atoms with Crippen LogP contribution in [0.3, 0.4) is 0 Å². The van der Waals surface area contributed by atoms with Gasteiger partial charge < -0.3 is 0 Å². The van der Waals surface area contributed by atoms with Gasteiger partial charge in [0.2, 0.25) is 0 Å². The third-order valence-electron chi connectivity index (χ3n) is 4.37. The van der Waals surface area contributed by atoms with Gasteiger partial charge in [0.25, 0.3) is 0 Å². The fourth-order valence-corrected chi connectivity index (χ4v) is 8.25. The summed E-state index contributed by atoms with van der Waals surface area (Å²) in [5.41, 5.74) is 6.41. The molecule has 0 radical (unpaired) electrons. The highest BCUT2D eigenvalue weighted by atomic mass is 31.1. The van der Waals surface area contributed by atoms with Crippen molar-refractivity contribution in [3.8, 4) is 0 Å². The first-order valence-electron chi connectivity index (χ1n) is 8.81. The molecule has 0 heterocycles. The molecule has 0 aliphatic heterocycles. The van der Waals surface area contributed by atoms with Crippen molar-refractivity contribution in [2.24, 2.45) is 0 Å². The Morgan fingerprint density at radius 3 is 1.22 bits per heavy atom. The highest BCUT2D eigenvalue weighted by molar-refractivity contribution is 7.58. The van der Waals surface area contributed by atoms with Crippen molar-refractivity contribution in [2.75, 3.05) is 0 Å². The third-order valence-corrected chi connectivity index (χ3v) is 11.1. The van der Waals surface area contributed by atoms with Gasteiger partial charge in [-0.3, -0.25) is 0 Å². The van der Waals surface area contributed by atoms with Crippen LogP contribution in [0.2, 0.25) is 0 Å². The molecule has 0 bridgehead atoms. The van der Waals surface area contributed by atoms with Crippen molar-refractivity contribution in [1.82, 2.24) is 0 Å². The van der Waals surface area contributed by atoms with E-state index in [9.17, 15) is 0 Å². The van der Waals surface area contributed by atoms with Crippen molar-refractivity contribution in [3.05, 3.63) is 35.4 Å². The Hall–Kier alpha value is 0.0800. The molecule has 0 aliphatic rings. The molecule has 1 aromatic carbocycles. The molecule has 0 saturated heterocycles. The zero-order valence-electron chi connectivity index (χ0n) is 15.9. The summed E-state index contributed by atoms with van der Waals surface area (Å²) >= 11 is 0. The SMILES string of the molecule is C.CC(C)P(Cc1cccc(CP(C(C)C)C(C)C)c1)C(C)C. The minimum Gasteiger partial charge on any atom is -0.0970 e. The first-order chi connectivity index (χ1) is 10.2. The summed E-state index contributed by atoms with van der Waals surface area (Å²) in [6.45, 7) is 19.2. The van der Waals surface area contributed by atoms with E-state index >= 15 is 0 Å². The highest BCUT2D eigenvalue weighted by Crippen LogP contribution is 2.50. The lowest BCUT2D eigenvalue weighted by Gasteiger charge is -2.27. The zero-order valence-corrected chi connectivity index (χ0v) is 17.7. The van der Waals surface area contributed by atoms with Crippen LogP contribution in [0.25, 0.3) is 0 Å². The van der Waals surface area contributed by atoms with Crippen LogP contribution in [0, 0.1) is 0 Å². The average Bonchev–Trinajstić information content (AvgIpc) is 2.41. The summed E-state index contributed by atoms with van der Waals surface area (Å²) in [5, 5.41) is 0. The quantitative estimate of drug-likeness (QED) is 0.416. The second-order valence-corrected chi connectivity index (χ2v) is 14.4. The first-order valence-corrected chi connectivity index (χ1v) is 12.1. The predicted molar refractivity (Wildman–Crippen MR) is 115 cm³/mol. The predicted octanol–water partition coefficient (Wildman–Crippen LogP) is 7.92. The first kappa shape index (κ1) is 23.1. The second kappa shape index (κ2) is 10.8. The Kier molecular flexibility index (Phi) is 10.9. The fraction of sp³-hybridized carbons (Fsp3) is 0.714. The fourth-order valence-electron chi connectivity index (χ4n) is 3.17. The normalized spacial score (nSPS) is 12.1. The van der Waals surface area contributed by atoms with E-state index in [0.717, 1.165) is 22.6 Å². The van der Waals surface area contributed by atoms with E-state index in [-0.39, 0.29) is 23.3 Å². The zero-order chi connectivity index (χ0) is 16.9. The number of rotatable bonds is 8. The molecule has 0 aliphatic carbocycles. The van der Waals surface area contributed by atoms with Crippen LogP contribution in [-0.2, 0) is 12.3 Å². The van der Waals surface area contributed by atoms with Gasteiger partial charge in [-0.05, 0) is 46.1 Å². The molecule has 0 spiro atoms. The van der Waals surface area contributed by atoms with E-state index < -0.39 is 0 Å². The summed E-state index contributed by atoms with van der Waals surface area (Å²) in [5.74, 6) is 0. The standard InChI is InChI=1S/C20H36P2.CH4/c1-15(2)21(16(3)4)13-19-10-9-11-20(12-19)14-22(17(5)6)18(7)8;/h9-12,15-18H,13-14H2,1-8H3;1H4. The molecule has 134 valence electrons. The topological polar surface area (TPSA) is 0 Å². The Labute approximate surface area is 149 Å². The highest BCUT2D eigenvalue weighted by Gasteiger charge is 2.19. The van der Waals surface area contributed by atoms with Gasteiger partial charge in [0.05, 0.1) is 0 Å². The van der Waals surface area contributed by atoms with Gasteiger partial charge in [-0.1, -0.05) is 103 Å². The van der Waals surface area contributed by atoms with Gasteiger partial charge in [0.15, 0.2) is 0 Å². The largest absolute Gasteiger partial charge is 0.0970 e. The molecule has 2 heteroatoms. The van der Waals surface area contributed by atoms with Gasteiger partial charge in [0.1, 0.15) is 0 Å². The maximum Gasteiger partial charge on any atom is -0.00684 e. The van der Waals surface area contributed by atoms with Crippen molar-refractivity contribution < 1.29 is 0 Å². The Bertz CT molecular complexity index is 382. The maximum atomic E-state index is 2.50. The van der Waals surface area contributed by atoms with Crippen LogP contribution in [0.5, 0.6) is 0 Å². The molecule has 0 atom stereocenters. The third kappa shape index (κ3) is 7.67. The van der Waals surface area contributed by atoms with Crippen LogP contribution in [-0.4, -0.2) is 22.6 Å². The van der Waals surface area contributed by atoms with Crippen molar-refractivity contribution in [3.63, 3.8) is 0 Å². The average molecular weight is 354 g/mol. The van der Waals surface area contributed by atoms with Crippen molar-refractivity contribution in [2.45, 2.75) is 97.8 Å². The van der Waals surface area contributed by atoms with Crippen LogP contribution in [0.4, 0.5) is 0 Å². The summed E-state index contributed by atoms with van der Waals surface area (Å²) in [6.07, 6.45) is 2.58. The van der Waals surface area contributed by atoms with E-state index in [2.05, 4.69) is 79.7 Å². The van der Waals surface area contributed by atoms with Gasteiger partial charge in [0, 0.05) is 0 Å². The molecule has 0 aromatic heterocycles. The molecule has 0 amide bonds. The summed E-state index contributed by atoms with van der Waals surface area (Å²) in [6, 6.07) is 9.47. The van der Waals surface area contributed by atoms with E-state index in [0.29, 0.717) is 0 Å². The summed E-state index contributed by atoms with van der Waals surface area (Å²) < 4.78 is 0. The smallest absolute Gasteiger partial charge is 0.00684 e. The summed E-state index contributed by atoms with van der Waals surface area (Å²) in [4.78, 5) is 0. The lowest BCUT2D eigenvalue weighted by atomic mass is 10.2. The molecule has 0 N–H and O–H groups in total. The lowest BCUT2D eigenvalue weighted by molar-refractivity contribution is 0.991. The molecule has 0 nitrogen and oxygen atoms in total. The van der Waals surface area contributed by atoms with E-state index in [1.807, 2.05) is 0 Å². The monoisotopic (exact) mass is 354 g/mol. The van der Waals surface area contributed by atoms with Crippen molar-refractivity contribution >= 4 is 15.8 Å². The van der Waals surface area contributed by atoms with Gasteiger partial charge in [-0.25, -0.2) is 0 Å². The molecular weight excluding hydrogens is 314 g/mol.